The number of benzene rings is 3. The van der Waals surface area contributed by atoms with Crippen molar-refractivity contribution in [2.75, 3.05) is 14.1 Å². The first-order chi connectivity index (χ1) is 16.3. The van der Waals surface area contributed by atoms with E-state index in [1.54, 1.807) is 80.8 Å². The van der Waals surface area contributed by atoms with E-state index in [4.69, 9.17) is 0 Å². The molecule has 9 nitrogen and oxygen atoms in total. The Morgan fingerprint density at radius 2 is 1.53 bits per heavy atom. The number of carbonyl (C=O) groups excluding carboxylic acids is 1. The number of aryl methyl sites for hydroxylation is 1. The molecule has 4 rings (SSSR count). The fourth-order valence-electron chi connectivity index (χ4n) is 3.23. The van der Waals surface area contributed by atoms with E-state index in [0.717, 1.165) is 5.56 Å². The molecular weight excluding hydrogens is 432 g/mol. The van der Waals surface area contributed by atoms with Gasteiger partial charge in [-0.1, -0.05) is 12.1 Å². The second-order valence-corrected chi connectivity index (χ2v) is 7.77. The first-order valence-electron chi connectivity index (χ1n) is 10.4. The fraction of sp³-hybridized carbons (Fsp3) is 0.120. The third-order valence-corrected chi connectivity index (χ3v) is 5.06. The van der Waals surface area contributed by atoms with Crippen LogP contribution < -0.4 is 0 Å². The van der Waals surface area contributed by atoms with Gasteiger partial charge in [0.2, 0.25) is 5.88 Å². The van der Waals surface area contributed by atoms with Crippen LogP contribution in [0.3, 0.4) is 0 Å². The van der Waals surface area contributed by atoms with Gasteiger partial charge < -0.3 is 15.1 Å². The van der Waals surface area contributed by atoms with Crippen LogP contribution in [0.25, 0.3) is 10.9 Å². The summed E-state index contributed by atoms with van der Waals surface area (Å²) in [6, 6.07) is 19.0. The van der Waals surface area contributed by atoms with Gasteiger partial charge in [-0.2, -0.15) is 15.3 Å². The average molecular weight is 454 g/mol. The summed E-state index contributed by atoms with van der Waals surface area (Å²) in [6.45, 7) is 1.86. The van der Waals surface area contributed by atoms with Crippen LogP contribution in [0.5, 0.6) is 11.6 Å². The lowest BCUT2D eigenvalue weighted by Crippen LogP contribution is -2.21. The molecule has 170 valence electrons. The van der Waals surface area contributed by atoms with Crippen LogP contribution in [0.15, 0.2) is 87.2 Å². The normalized spacial score (nSPS) is 11.5. The number of hydrogen-bond acceptors (Lipinski definition) is 8. The van der Waals surface area contributed by atoms with Crippen molar-refractivity contribution in [1.82, 2.24) is 9.88 Å². The maximum atomic E-state index is 12.0. The Hall–Kier alpha value is -4.66. The highest BCUT2D eigenvalue weighted by Crippen LogP contribution is 2.40. The number of fused-ring (bicyclic) bond motifs is 1. The first kappa shape index (κ1) is 22.5. The van der Waals surface area contributed by atoms with Gasteiger partial charge in [0.15, 0.2) is 11.4 Å². The second-order valence-electron chi connectivity index (χ2n) is 7.77. The van der Waals surface area contributed by atoms with E-state index in [0.29, 0.717) is 33.5 Å². The van der Waals surface area contributed by atoms with Crippen molar-refractivity contribution in [3.05, 3.63) is 77.9 Å². The Kier molecular flexibility index (Phi) is 6.26. The van der Waals surface area contributed by atoms with Gasteiger partial charge in [-0.15, -0.1) is 5.11 Å². The van der Waals surface area contributed by atoms with E-state index in [9.17, 15) is 15.0 Å². The molecule has 0 radical (unpaired) electrons. The number of aromatic nitrogens is 1. The highest BCUT2D eigenvalue weighted by molar-refractivity contribution is 5.94. The SMILES string of the molecule is Cc1cc(/N=N/c2c(O)nc3ccccc3c2O)ccc1/N=N/c1ccc(C(=O)N(C)C)cc1. The standard InChI is InChI=1S/C25H22N6O3/c1-15-14-18(28-30-22-23(32)19-6-4-5-7-21(19)26-24(22)33)12-13-20(15)29-27-17-10-8-16(9-11-17)25(34)31(2)3/h4-14H,1-3H3,(H2,26,32,33)/b29-27+,30-28+. The van der Waals surface area contributed by atoms with Crippen molar-refractivity contribution < 1.29 is 15.0 Å². The minimum atomic E-state index is -0.402. The number of carbonyl (C=O) groups is 1. The molecule has 0 bridgehead atoms. The summed E-state index contributed by atoms with van der Waals surface area (Å²) < 4.78 is 0. The topological polar surface area (TPSA) is 123 Å². The number of hydrogen-bond donors (Lipinski definition) is 2. The number of rotatable bonds is 5. The molecule has 1 aromatic heterocycles. The van der Waals surface area contributed by atoms with Crippen LogP contribution in [0.1, 0.15) is 15.9 Å². The number of azo groups is 2. The summed E-state index contributed by atoms with van der Waals surface area (Å²) in [7, 11) is 3.40. The van der Waals surface area contributed by atoms with Crippen molar-refractivity contribution >= 4 is 39.6 Å². The third kappa shape index (κ3) is 4.73. The van der Waals surface area contributed by atoms with E-state index in [2.05, 4.69) is 25.4 Å². The Bertz CT molecular complexity index is 1430. The molecule has 1 heterocycles. The quantitative estimate of drug-likeness (QED) is 0.335. The van der Waals surface area contributed by atoms with Gasteiger partial charge in [-0.05, 0) is 67.1 Å². The zero-order valence-corrected chi connectivity index (χ0v) is 18.8. The molecule has 0 saturated heterocycles. The van der Waals surface area contributed by atoms with Crippen LogP contribution in [0.4, 0.5) is 22.7 Å². The van der Waals surface area contributed by atoms with Crippen LogP contribution >= 0.6 is 0 Å². The van der Waals surface area contributed by atoms with Crippen LogP contribution in [0, 0.1) is 6.92 Å². The molecule has 0 unspecified atom stereocenters. The molecule has 0 aliphatic carbocycles. The molecular formula is C25H22N6O3. The molecule has 9 heteroatoms. The summed E-state index contributed by atoms with van der Waals surface area (Å²) in [4.78, 5) is 17.5. The second kappa shape index (κ2) is 9.45. The lowest BCUT2D eigenvalue weighted by molar-refractivity contribution is 0.0827. The zero-order chi connectivity index (χ0) is 24.2. The van der Waals surface area contributed by atoms with E-state index >= 15 is 0 Å². The van der Waals surface area contributed by atoms with Crippen LogP contribution in [-0.2, 0) is 0 Å². The third-order valence-electron chi connectivity index (χ3n) is 5.06. The molecule has 1 amide bonds. The minimum absolute atomic E-state index is 0.0785. The van der Waals surface area contributed by atoms with Crippen molar-refractivity contribution in [3.63, 3.8) is 0 Å². The molecule has 0 aliphatic rings. The number of aromatic hydroxyl groups is 2. The van der Waals surface area contributed by atoms with E-state index in [1.807, 2.05) is 6.92 Å². The largest absolute Gasteiger partial charge is 0.505 e. The monoisotopic (exact) mass is 454 g/mol. The van der Waals surface area contributed by atoms with Gasteiger partial charge >= 0.3 is 0 Å². The van der Waals surface area contributed by atoms with Gasteiger partial charge in [0.25, 0.3) is 5.91 Å². The molecule has 0 atom stereocenters. The maximum Gasteiger partial charge on any atom is 0.253 e. The van der Waals surface area contributed by atoms with Gasteiger partial charge in [-0.3, -0.25) is 4.79 Å². The van der Waals surface area contributed by atoms with Gasteiger partial charge in [0.05, 0.1) is 22.6 Å². The summed E-state index contributed by atoms with van der Waals surface area (Å²) in [6.07, 6.45) is 0. The number of pyridine rings is 1. The first-order valence-corrected chi connectivity index (χ1v) is 10.4. The van der Waals surface area contributed by atoms with E-state index in [1.165, 1.54) is 4.90 Å². The Morgan fingerprint density at radius 1 is 0.853 bits per heavy atom. The minimum Gasteiger partial charge on any atom is -0.505 e. The van der Waals surface area contributed by atoms with Crippen molar-refractivity contribution in [2.24, 2.45) is 20.5 Å². The van der Waals surface area contributed by atoms with Crippen molar-refractivity contribution in [2.45, 2.75) is 6.92 Å². The van der Waals surface area contributed by atoms with Gasteiger partial charge in [0, 0.05) is 25.0 Å². The summed E-state index contributed by atoms with van der Waals surface area (Å²) in [5, 5.41) is 37.7. The Balaban J connectivity index is 1.52. The number of para-hydroxylation sites is 1. The Morgan fingerprint density at radius 3 is 2.24 bits per heavy atom. The molecule has 34 heavy (non-hydrogen) atoms. The highest BCUT2D eigenvalue weighted by atomic mass is 16.3. The average Bonchev–Trinajstić information content (AvgIpc) is 2.83. The predicted octanol–water partition coefficient (Wildman–Crippen LogP) is 6.49. The van der Waals surface area contributed by atoms with Crippen molar-refractivity contribution in [1.29, 1.82) is 0 Å². The van der Waals surface area contributed by atoms with E-state index < -0.39 is 5.88 Å². The summed E-state index contributed by atoms with van der Waals surface area (Å²) in [5.41, 5.74) is 3.52. The zero-order valence-electron chi connectivity index (χ0n) is 18.8. The molecule has 0 saturated carbocycles. The molecule has 2 N–H and O–H groups in total. The van der Waals surface area contributed by atoms with Gasteiger partial charge in [-0.25, -0.2) is 4.98 Å². The van der Waals surface area contributed by atoms with E-state index in [-0.39, 0.29) is 17.3 Å². The molecule has 0 aliphatic heterocycles. The Labute approximate surface area is 195 Å². The predicted molar refractivity (Wildman–Crippen MR) is 129 cm³/mol. The van der Waals surface area contributed by atoms with Gasteiger partial charge in [0.1, 0.15) is 0 Å². The van der Waals surface area contributed by atoms with Crippen LogP contribution in [0.2, 0.25) is 0 Å². The molecule has 4 aromatic rings. The summed E-state index contributed by atoms with van der Waals surface area (Å²) >= 11 is 0. The fourth-order valence-corrected chi connectivity index (χ4v) is 3.23. The maximum absolute atomic E-state index is 12.0. The van der Waals surface area contributed by atoms with Crippen LogP contribution in [-0.4, -0.2) is 40.1 Å². The lowest BCUT2D eigenvalue weighted by atomic mass is 10.2. The number of amides is 1. The smallest absolute Gasteiger partial charge is 0.253 e. The van der Waals surface area contributed by atoms with Crippen molar-refractivity contribution in [3.8, 4) is 11.6 Å². The molecule has 3 aromatic carbocycles. The highest BCUT2D eigenvalue weighted by Gasteiger charge is 2.13. The lowest BCUT2D eigenvalue weighted by Gasteiger charge is -2.09. The molecule has 0 spiro atoms. The summed E-state index contributed by atoms with van der Waals surface area (Å²) in [5.74, 6) is -0.669. The number of nitrogens with zero attached hydrogens (tertiary/aromatic N) is 6. The molecule has 0 fully saturated rings.